The third-order valence-corrected chi connectivity index (χ3v) is 4.28. The summed E-state index contributed by atoms with van der Waals surface area (Å²) in [5.74, 6) is -2.32. The quantitative estimate of drug-likeness (QED) is 0.454. The third kappa shape index (κ3) is 7.69. The van der Waals surface area contributed by atoms with Crippen molar-refractivity contribution in [3.05, 3.63) is 36.0 Å². The molecule has 132 valence electrons. The Morgan fingerprint density at radius 3 is 1.78 bits per heavy atom. The number of ketones is 1. The first-order valence-corrected chi connectivity index (χ1v) is 8.07. The number of hydrogen-bond donors (Lipinski definition) is 0. The van der Waals surface area contributed by atoms with Crippen molar-refractivity contribution >= 4 is 5.78 Å². The summed E-state index contributed by atoms with van der Waals surface area (Å²) < 4.78 is 33.7. The Morgan fingerprint density at radius 2 is 1.39 bits per heavy atom. The molecule has 23 heavy (non-hydrogen) atoms. The molecular formula is C19H30F2O2. The van der Waals surface area contributed by atoms with Gasteiger partial charge >= 0.3 is 0 Å². The molecular weight excluding hydrogens is 298 g/mol. The number of halogens is 2. The van der Waals surface area contributed by atoms with Crippen LogP contribution >= 0.6 is 0 Å². The molecule has 0 bridgehead atoms. The van der Waals surface area contributed by atoms with Crippen LogP contribution < -0.4 is 0 Å². The van der Waals surface area contributed by atoms with Gasteiger partial charge in [0, 0.05) is 13.5 Å². The van der Waals surface area contributed by atoms with Gasteiger partial charge in [-0.15, -0.1) is 0 Å². The molecule has 0 rings (SSSR count). The SMILES string of the molecule is C=C(/C(F)=C(/F)C(=C)C(C)CCC(C)OC)C(C)CCC(C)=O. The van der Waals surface area contributed by atoms with Crippen molar-refractivity contribution in [2.75, 3.05) is 7.11 Å². The van der Waals surface area contributed by atoms with E-state index in [9.17, 15) is 13.6 Å². The summed E-state index contributed by atoms with van der Waals surface area (Å²) in [6, 6.07) is 0. The zero-order chi connectivity index (χ0) is 18.2. The molecule has 2 nitrogen and oxygen atoms in total. The number of ether oxygens (including phenoxy) is 1. The molecule has 0 aliphatic rings. The van der Waals surface area contributed by atoms with Crippen LogP contribution in [0.4, 0.5) is 8.78 Å². The van der Waals surface area contributed by atoms with Gasteiger partial charge in [0.1, 0.15) is 5.78 Å². The summed E-state index contributed by atoms with van der Waals surface area (Å²) in [6.45, 7) is 14.3. The molecule has 0 heterocycles. The summed E-state index contributed by atoms with van der Waals surface area (Å²) in [7, 11) is 1.62. The largest absolute Gasteiger partial charge is 0.382 e. The molecule has 0 aromatic carbocycles. The van der Waals surface area contributed by atoms with E-state index in [2.05, 4.69) is 13.2 Å². The molecule has 3 atom stereocenters. The number of carbonyl (C=O) groups excluding carboxylic acids is 1. The zero-order valence-electron chi connectivity index (χ0n) is 15.0. The Hall–Kier alpha value is -1.29. The number of allylic oxidation sites excluding steroid dienone is 4. The van der Waals surface area contributed by atoms with Gasteiger partial charge in [0.25, 0.3) is 0 Å². The molecule has 0 fully saturated rings. The maximum Gasteiger partial charge on any atom is 0.161 e. The lowest BCUT2D eigenvalue weighted by Crippen LogP contribution is -2.09. The second-order valence-corrected chi connectivity index (χ2v) is 6.34. The molecule has 0 aromatic heterocycles. The summed E-state index contributed by atoms with van der Waals surface area (Å²) in [4.78, 5) is 11.0. The van der Waals surface area contributed by atoms with Gasteiger partial charge in [-0.1, -0.05) is 27.0 Å². The minimum Gasteiger partial charge on any atom is -0.382 e. The highest BCUT2D eigenvalue weighted by molar-refractivity contribution is 5.75. The molecule has 0 aliphatic heterocycles. The standard InChI is InChI=1S/C19H30F2O2/c1-12(8-10-14(3)22)16(5)18(20)19(21)17(6)13(2)9-11-15(4)23-7/h12-13,15H,5-6,8-11H2,1-4,7H3/b19-18-. The van der Waals surface area contributed by atoms with E-state index in [4.69, 9.17) is 4.74 Å². The second kappa shape index (κ2) is 10.5. The van der Waals surface area contributed by atoms with E-state index in [0.717, 1.165) is 6.42 Å². The van der Waals surface area contributed by atoms with E-state index in [0.29, 0.717) is 19.3 Å². The van der Waals surface area contributed by atoms with E-state index in [-0.39, 0.29) is 34.9 Å². The first-order valence-electron chi connectivity index (χ1n) is 8.07. The van der Waals surface area contributed by atoms with E-state index in [1.165, 1.54) is 6.92 Å². The number of carbonyl (C=O) groups is 1. The van der Waals surface area contributed by atoms with Crippen LogP contribution in [-0.4, -0.2) is 19.0 Å². The van der Waals surface area contributed by atoms with Crippen LogP contribution in [0.3, 0.4) is 0 Å². The summed E-state index contributed by atoms with van der Waals surface area (Å²) in [5.41, 5.74) is 0.230. The fraction of sp³-hybridized carbons (Fsp3) is 0.632. The van der Waals surface area contributed by atoms with Crippen LogP contribution in [0, 0.1) is 11.8 Å². The highest BCUT2D eigenvalue weighted by atomic mass is 19.2. The monoisotopic (exact) mass is 328 g/mol. The lowest BCUT2D eigenvalue weighted by Gasteiger charge is -2.18. The number of hydrogen-bond acceptors (Lipinski definition) is 2. The predicted molar refractivity (Wildman–Crippen MR) is 91.5 cm³/mol. The fourth-order valence-corrected chi connectivity index (χ4v) is 2.09. The van der Waals surface area contributed by atoms with Crippen LogP contribution in [0.15, 0.2) is 36.0 Å². The molecule has 0 spiro atoms. The molecule has 0 saturated carbocycles. The topological polar surface area (TPSA) is 26.3 Å². The average molecular weight is 328 g/mol. The number of Topliss-reactive ketones (excluding diaryl/α,β-unsaturated/α-hetero) is 1. The van der Waals surface area contributed by atoms with Crippen molar-refractivity contribution in [2.24, 2.45) is 11.8 Å². The van der Waals surface area contributed by atoms with Gasteiger partial charge in [0.15, 0.2) is 11.7 Å². The molecule has 4 heteroatoms. The molecule has 0 aliphatic carbocycles. The predicted octanol–water partition coefficient (Wildman–Crippen LogP) is 5.71. The second-order valence-electron chi connectivity index (χ2n) is 6.34. The Bertz CT molecular complexity index is 466. The van der Waals surface area contributed by atoms with Gasteiger partial charge in [-0.05, 0) is 56.1 Å². The van der Waals surface area contributed by atoms with Gasteiger partial charge in [-0.25, -0.2) is 8.78 Å². The van der Waals surface area contributed by atoms with Gasteiger partial charge in [-0.3, -0.25) is 0 Å². The van der Waals surface area contributed by atoms with Crippen molar-refractivity contribution in [1.82, 2.24) is 0 Å². The summed E-state index contributed by atoms with van der Waals surface area (Å²) in [5, 5.41) is 0. The maximum atomic E-state index is 14.3. The van der Waals surface area contributed by atoms with Crippen molar-refractivity contribution in [1.29, 1.82) is 0 Å². The van der Waals surface area contributed by atoms with Crippen molar-refractivity contribution in [3.63, 3.8) is 0 Å². The first kappa shape index (κ1) is 21.7. The van der Waals surface area contributed by atoms with Gasteiger partial charge in [-0.2, -0.15) is 0 Å². The van der Waals surface area contributed by atoms with Crippen LogP contribution in [0.5, 0.6) is 0 Å². The fourth-order valence-electron chi connectivity index (χ4n) is 2.09. The van der Waals surface area contributed by atoms with Crippen LogP contribution in [0.1, 0.15) is 53.4 Å². The minimum atomic E-state index is -0.947. The van der Waals surface area contributed by atoms with E-state index < -0.39 is 11.7 Å². The number of methoxy groups -OCH3 is 1. The third-order valence-electron chi connectivity index (χ3n) is 4.28. The van der Waals surface area contributed by atoms with Crippen molar-refractivity contribution in [3.8, 4) is 0 Å². The normalized spacial score (nSPS) is 16.3. The number of rotatable bonds is 11. The highest BCUT2D eigenvalue weighted by Gasteiger charge is 2.21. The van der Waals surface area contributed by atoms with Crippen LogP contribution in [0.25, 0.3) is 0 Å². The molecule has 0 aromatic rings. The molecule has 0 N–H and O–H groups in total. The van der Waals surface area contributed by atoms with E-state index in [1.54, 1.807) is 14.0 Å². The maximum absolute atomic E-state index is 14.3. The van der Waals surface area contributed by atoms with Gasteiger partial charge in [0.2, 0.25) is 0 Å². The molecule has 3 unspecified atom stereocenters. The lowest BCUT2D eigenvalue weighted by atomic mass is 9.91. The van der Waals surface area contributed by atoms with Gasteiger partial charge in [0.05, 0.1) is 6.10 Å². The molecule has 0 amide bonds. The Morgan fingerprint density at radius 1 is 0.957 bits per heavy atom. The Kier molecular flexibility index (Phi) is 9.89. The summed E-state index contributed by atoms with van der Waals surface area (Å²) >= 11 is 0. The lowest BCUT2D eigenvalue weighted by molar-refractivity contribution is -0.117. The van der Waals surface area contributed by atoms with Crippen LogP contribution in [-0.2, 0) is 9.53 Å². The molecule has 0 radical (unpaired) electrons. The highest BCUT2D eigenvalue weighted by Crippen LogP contribution is 2.32. The van der Waals surface area contributed by atoms with E-state index >= 15 is 0 Å². The Balaban J connectivity index is 4.82. The van der Waals surface area contributed by atoms with Gasteiger partial charge < -0.3 is 9.53 Å². The van der Waals surface area contributed by atoms with Crippen molar-refractivity contribution < 1.29 is 18.3 Å². The van der Waals surface area contributed by atoms with Crippen LogP contribution in [0.2, 0.25) is 0 Å². The first-order chi connectivity index (χ1) is 10.6. The minimum absolute atomic E-state index is 0.0276. The smallest absolute Gasteiger partial charge is 0.161 e. The average Bonchev–Trinajstić information content (AvgIpc) is 2.53. The van der Waals surface area contributed by atoms with E-state index in [1.807, 2.05) is 13.8 Å². The molecule has 0 saturated heterocycles. The Labute approximate surface area is 139 Å². The summed E-state index contributed by atoms with van der Waals surface area (Å²) in [6.07, 6.45) is 2.29. The zero-order valence-corrected chi connectivity index (χ0v) is 15.0. The van der Waals surface area contributed by atoms with Crippen molar-refractivity contribution in [2.45, 2.75) is 59.5 Å².